The van der Waals surface area contributed by atoms with Crippen molar-refractivity contribution in [2.24, 2.45) is 11.3 Å². The molecule has 1 aliphatic rings. The Bertz CT molecular complexity index is 389. The number of allylic oxidation sites excluding steroid dienone is 1. The maximum Gasteiger partial charge on any atom is 0.313 e. The lowest BCUT2D eigenvalue weighted by Gasteiger charge is -2.40. The van der Waals surface area contributed by atoms with E-state index in [1.807, 2.05) is 13.8 Å². The maximum atomic E-state index is 12.4. The summed E-state index contributed by atoms with van der Waals surface area (Å²) >= 11 is 0. The van der Waals surface area contributed by atoms with Crippen LogP contribution < -0.4 is 0 Å². The molecule has 0 aromatic heterocycles. The quantitative estimate of drug-likeness (QED) is 0.756. The SMILES string of the molecule is C=C(C)CC(C)C(=O)N1CCCC(COC)(C(=O)O)C1. The molecule has 5 nitrogen and oxygen atoms in total. The minimum atomic E-state index is -0.967. The molecule has 114 valence electrons. The molecule has 1 amide bonds. The molecule has 0 radical (unpaired) electrons. The lowest BCUT2D eigenvalue weighted by atomic mass is 9.80. The summed E-state index contributed by atoms with van der Waals surface area (Å²) in [5.41, 5.74) is -0.00440. The van der Waals surface area contributed by atoms with Gasteiger partial charge >= 0.3 is 5.97 Å². The lowest BCUT2D eigenvalue weighted by Crippen LogP contribution is -2.53. The monoisotopic (exact) mass is 283 g/mol. The molecule has 1 rings (SSSR count). The standard InChI is InChI=1S/C15H25NO4/c1-11(2)8-12(3)13(17)16-7-5-6-15(9-16,10-20-4)14(18)19/h12H,1,5-10H2,2-4H3,(H,18,19). The van der Waals surface area contributed by atoms with Crippen LogP contribution in [0.3, 0.4) is 0 Å². The van der Waals surface area contributed by atoms with Crippen molar-refractivity contribution < 1.29 is 19.4 Å². The summed E-state index contributed by atoms with van der Waals surface area (Å²) in [6, 6.07) is 0. The number of carbonyl (C=O) groups excluding carboxylic acids is 1. The summed E-state index contributed by atoms with van der Waals surface area (Å²) in [5.74, 6) is -1.03. The fourth-order valence-electron chi connectivity index (χ4n) is 2.87. The van der Waals surface area contributed by atoms with Crippen molar-refractivity contribution in [2.45, 2.75) is 33.1 Å². The van der Waals surface area contributed by atoms with Gasteiger partial charge in [-0.25, -0.2) is 0 Å². The first-order valence-electron chi connectivity index (χ1n) is 6.98. The van der Waals surface area contributed by atoms with E-state index in [9.17, 15) is 14.7 Å². The number of ether oxygens (including phenoxy) is 1. The molecule has 0 saturated carbocycles. The molecule has 1 N–H and O–H groups in total. The third-order valence-corrected chi connectivity index (χ3v) is 3.84. The normalized spacial score (nSPS) is 24.2. The Labute approximate surface area is 120 Å². The van der Waals surface area contributed by atoms with E-state index in [-0.39, 0.29) is 25.0 Å². The van der Waals surface area contributed by atoms with Crippen LogP contribution in [-0.2, 0) is 14.3 Å². The van der Waals surface area contributed by atoms with Crippen molar-refractivity contribution in [2.75, 3.05) is 26.8 Å². The summed E-state index contributed by atoms with van der Waals surface area (Å²) in [6.45, 7) is 8.58. The number of carboxylic acid groups (broad SMARTS) is 1. The Morgan fingerprint density at radius 3 is 2.65 bits per heavy atom. The van der Waals surface area contributed by atoms with Gasteiger partial charge in [-0.05, 0) is 26.2 Å². The third kappa shape index (κ3) is 3.82. The zero-order valence-corrected chi connectivity index (χ0v) is 12.6. The fourth-order valence-corrected chi connectivity index (χ4v) is 2.87. The van der Waals surface area contributed by atoms with Gasteiger partial charge in [0.1, 0.15) is 5.41 Å². The first-order chi connectivity index (χ1) is 9.32. The molecule has 0 spiro atoms. The second kappa shape index (κ2) is 6.88. The van der Waals surface area contributed by atoms with Crippen LogP contribution in [0.4, 0.5) is 0 Å². The number of aliphatic carboxylic acids is 1. The third-order valence-electron chi connectivity index (χ3n) is 3.84. The van der Waals surface area contributed by atoms with E-state index in [1.165, 1.54) is 7.11 Å². The average molecular weight is 283 g/mol. The highest BCUT2D eigenvalue weighted by atomic mass is 16.5. The van der Waals surface area contributed by atoms with Crippen molar-refractivity contribution in [3.8, 4) is 0 Å². The number of hydrogen-bond donors (Lipinski definition) is 1. The van der Waals surface area contributed by atoms with Crippen LogP contribution in [0.15, 0.2) is 12.2 Å². The van der Waals surface area contributed by atoms with Crippen molar-refractivity contribution in [1.29, 1.82) is 0 Å². The van der Waals surface area contributed by atoms with Gasteiger partial charge in [-0.15, -0.1) is 6.58 Å². The van der Waals surface area contributed by atoms with Crippen molar-refractivity contribution >= 4 is 11.9 Å². The number of nitrogens with zero attached hydrogens (tertiary/aromatic N) is 1. The highest BCUT2D eigenvalue weighted by Gasteiger charge is 2.44. The van der Waals surface area contributed by atoms with Gasteiger partial charge < -0.3 is 14.7 Å². The van der Waals surface area contributed by atoms with Crippen molar-refractivity contribution in [1.82, 2.24) is 4.90 Å². The van der Waals surface area contributed by atoms with Crippen molar-refractivity contribution in [3.63, 3.8) is 0 Å². The smallest absolute Gasteiger partial charge is 0.313 e. The van der Waals surface area contributed by atoms with Crippen LogP contribution in [0, 0.1) is 11.3 Å². The van der Waals surface area contributed by atoms with Gasteiger partial charge in [0, 0.05) is 26.1 Å². The number of piperidine rings is 1. The topological polar surface area (TPSA) is 66.8 Å². The lowest BCUT2D eigenvalue weighted by molar-refractivity contribution is -0.159. The first-order valence-corrected chi connectivity index (χ1v) is 6.98. The van der Waals surface area contributed by atoms with Crippen molar-refractivity contribution in [3.05, 3.63) is 12.2 Å². The number of carboxylic acids is 1. The number of hydrogen-bond acceptors (Lipinski definition) is 3. The predicted molar refractivity (Wildman–Crippen MR) is 76.4 cm³/mol. The fraction of sp³-hybridized carbons (Fsp3) is 0.733. The van der Waals surface area contributed by atoms with E-state index in [1.54, 1.807) is 4.90 Å². The summed E-state index contributed by atoms with van der Waals surface area (Å²) in [4.78, 5) is 25.6. The van der Waals surface area contributed by atoms with E-state index in [4.69, 9.17) is 4.74 Å². The molecular weight excluding hydrogens is 258 g/mol. The van der Waals surface area contributed by atoms with Gasteiger partial charge in [0.15, 0.2) is 0 Å². The summed E-state index contributed by atoms with van der Waals surface area (Å²) in [5, 5.41) is 9.47. The van der Waals surface area contributed by atoms with E-state index in [2.05, 4.69) is 6.58 Å². The molecule has 1 aliphatic heterocycles. The molecule has 0 aliphatic carbocycles. The highest BCUT2D eigenvalue weighted by Crippen LogP contribution is 2.32. The minimum absolute atomic E-state index is 0.00873. The molecule has 0 bridgehead atoms. The van der Waals surface area contributed by atoms with E-state index < -0.39 is 11.4 Å². The second-order valence-electron chi connectivity index (χ2n) is 5.94. The van der Waals surface area contributed by atoms with Gasteiger partial charge in [-0.3, -0.25) is 9.59 Å². The van der Waals surface area contributed by atoms with Crippen LogP contribution in [-0.4, -0.2) is 48.7 Å². The van der Waals surface area contributed by atoms with Gasteiger partial charge in [0.05, 0.1) is 6.61 Å². The highest BCUT2D eigenvalue weighted by molar-refractivity contribution is 5.81. The summed E-state index contributed by atoms with van der Waals surface area (Å²) in [6.07, 6.45) is 1.88. The van der Waals surface area contributed by atoms with Crippen LogP contribution >= 0.6 is 0 Å². The van der Waals surface area contributed by atoms with E-state index >= 15 is 0 Å². The Hall–Kier alpha value is -1.36. The van der Waals surface area contributed by atoms with Crippen LogP contribution in [0.25, 0.3) is 0 Å². The van der Waals surface area contributed by atoms with Crippen LogP contribution in [0.1, 0.15) is 33.1 Å². The first kappa shape index (κ1) is 16.7. The zero-order chi connectivity index (χ0) is 15.3. The molecule has 2 atom stereocenters. The Kier molecular flexibility index (Phi) is 5.74. The Morgan fingerprint density at radius 1 is 1.50 bits per heavy atom. The number of methoxy groups -OCH3 is 1. The Morgan fingerprint density at radius 2 is 2.15 bits per heavy atom. The molecule has 0 aromatic carbocycles. The largest absolute Gasteiger partial charge is 0.481 e. The molecular formula is C15H25NO4. The summed E-state index contributed by atoms with van der Waals surface area (Å²) < 4.78 is 5.07. The van der Waals surface area contributed by atoms with Crippen LogP contribution in [0.2, 0.25) is 0 Å². The zero-order valence-electron chi connectivity index (χ0n) is 12.6. The minimum Gasteiger partial charge on any atom is -0.481 e. The average Bonchev–Trinajstić information content (AvgIpc) is 2.37. The van der Waals surface area contributed by atoms with Gasteiger partial charge in [-0.1, -0.05) is 12.5 Å². The van der Waals surface area contributed by atoms with E-state index in [0.29, 0.717) is 25.8 Å². The number of rotatable bonds is 6. The van der Waals surface area contributed by atoms with E-state index in [0.717, 1.165) is 5.57 Å². The van der Waals surface area contributed by atoms with Gasteiger partial charge in [0.2, 0.25) is 5.91 Å². The number of likely N-dealkylation sites (tertiary alicyclic amines) is 1. The predicted octanol–water partition coefficient (Wildman–Crippen LogP) is 1.93. The number of carbonyl (C=O) groups is 2. The molecule has 0 aromatic rings. The molecule has 1 heterocycles. The molecule has 2 unspecified atom stereocenters. The molecule has 20 heavy (non-hydrogen) atoms. The number of amides is 1. The van der Waals surface area contributed by atoms with Gasteiger partial charge in [-0.2, -0.15) is 0 Å². The molecule has 5 heteroatoms. The van der Waals surface area contributed by atoms with Gasteiger partial charge in [0.25, 0.3) is 0 Å². The Balaban J connectivity index is 2.79. The molecule has 1 saturated heterocycles. The second-order valence-corrected chi connectivity index (χ2v) is 5.94. The maximum absolute atomic E-state index is 12.4. The van der Waals surface area contributed by atoms with Crippen LogP contribution in [0.5, 0.6) is 0 Å². The molecule has 1 fully saturated rings. The summed E-state index contributed by atoms with van der Waals surface area (Å²) in [7, 11) is 1.50.